The minimum absolute atomic E-state index is 0.235. The molecule has 2 aromatic carbocycles. The number of rotatable bonds is 6. The third kappa shape index (κ3) is 3.87. The van der Waals surface area contributed by atoms with E-state index in [1.807, 2.05) is 38.1 Å². The molecule has 0 aliphatic carbocycles. The summed E-state index contributed by atoms with van der Waals surface area (Å²) in [4.78, 5) is 0.235. The summed E-state index contributed by atoms with van der Waals surface area (Å²) in [5.74, 6) is 0.629. The largest absolute Gasteiger partial charge is 0.497 e. The minimum atomic E-state index is -3.56. The Morgan fingerprint density at radius 2 is 1.64 bits per heavy atom. The van der Waals surface area contributed by atoms with E-state index in [-0.39, 0.29) is 10.9 Å². The number of ether oxygens (including phenoxy) is 1. The van der Waals surface area contributed by atoms with Crippen LogP contribution in [0, 0.1) is 6.92 Å². The van der Waals surface area contributed by atoms with Crippen molar-refractivity contribution in [1.82, 2.24) is 4.72 Å². The number of nitrogens with one attached hydrogen (secondary N) is 1. The van der Waals surface area contributed by atoms with Crippen LogP contribution < -0.4 is 9.46 Å². The molecule has 0 bridgehead atoms. The van der Waals surface area contributed by atoms with Gasteiger partial charge in [-0.15, -0.1) is 0 Å². The van der Waals surface area contributed by atoms with E-state index in [4.69, 9.17) is 4.74 Å². The zero-order valence-corrected chi connectivity index (χ0v) is 13.9. The molecule has 0 saturated carbocycles. The van der Waals surface area contributed by atoms with Crippen LogP contribution in [0.25, 0.3) is 0 Å². The predicted molar refractivity (Wildman–Crippen MR) is 87.5 cm³/mol. The molecular formula is C17H21NO3S. The van der Waals surface area contributed by atoms with Crippen molar-refractivity contribution in [3.63, 3.8) is 0 Å². The van der Waals surface area contributed by atoms with Gasteiger partial charge in [-0.3, -0.25) is 0 Å². The third-order valence-corrected chi connectivity index (χ3v) is 5.04. The fourth-order valence-corrected chi connectivity index (χ4v) is 3.50. The molecule has 0 aromatic heterocycles. The average molecular weight is 319 g/mol. The lowest BCUT2D eigenvalue weighted by Gasteiger charge is -2.18. The molecule has 1 atom stereocenters. The molecule has 0 aliphatic heterocycles. The number of aryl methyl sites for hydroxylation is 1. The van der Waals surface area contributed by atoms with Crippen LogP contribution in [0.1, 0.15) is 30.5 Å². The van der Waals surface area contributed by atoms with Crippen molar-refractivity contribution >= 4 is 10.0 Å². The SMILES string of the molecule is CC[C@@H](NS(=O)(=O)c1ccc(OC)cc1)c1ccc(C)cc1. The van der Waals surface area contributed by atoms with Crippen LogP contribution in [0.3, 0.4) is 0 Å². The van der Waals surface area contributed by atoms with Gasteiger partial charge in [0.15, 0.2) is 0 Å². The predicted octanol–water partition coefficient (Wildman–Crippen LogP) is 3.43. The maximum atomic E-state index is 12.5. The molecule has 0 fully saturated rings. The number of methoxy groups -OCH3 is 1. The van der Waals surface area contributed by atoms with Gasteiger partial charge in [0.2, 0.25) is 10.0 Å². The molecule has 2 aromatic rings. The Morgan fingerprint density at radius 3 is 2.14 bits per heavy atom. The van der Waals surface area contributed by atoms with Gasteiger partial charge >= 0.3 is 0 Å². The molecule has 22 heavy (non-hydrogen) atoms. The molecule has 0 aliphatic rings. The fourth-order valence-electron chi connectivity index (χ4n) is 2.20. The summed E-state index contributed by atoms with van der Waals surface area (Å²) in [6, 6.07) is 14.0. The first-order valence-corrected chi connectivity index (χ1v) is 8.67. The number of benzene rings is 2. The normalized spacial score (nSPS) is 12.9. The number of hydrogen-bond donors (Lipinski definition) is 1. The van der Waals surface area contributed by atoms with Crippen LogP contribution >= 0.6 is 0 Å². The van der Waals surface area contributed by atoms with Crippen molar-refractivity contribution < 1.29 is 13.2 Å². The first-order chi connectivity index (χ1) is 10.5. The fraction of sp³-hybridized carbons (Fsp3) is 0.294. The van der Waals surface area contributed by atoms with Crippen LogP contribution in [0.5, 0.6) is 5.75 Å². The standard InChI is InChI=1S/C17H21NO3S/c1-4-17(14-7-5-13(2)6-8-14)18-22(19,20)16-11-9-15(21-3)10-12-16/h5-12,17-18H,4H2,1-3H3/t17-/m1/s1. The maximum Gasteiger partial charge on any atom is 0.241 e. The topological polar surface area (TPSA) is 55.4 Å². The zero-order valence-electron chi connectivity index (χ0n) is 13.0. The second kappa shape index (κ2) is 6.94. The van der Waals surface area contributed by atoms with Crippen molar-refractivity contribution in [2.45, 2.75) is 31.2 Å². The summed E-state index contributed by atoms with van der Waals surface area (Å²) in [7, 11) is -2.01. The second-order valence-electron chi connectivity index (χ2n) is 5.17. The van der Waals surface area contributed by atoms with Gasteiger partial charge < -0.3 is 4.74 Å². The summed E-state index contributed by atoms with van der Waals surface area (Å²) in [6.07, 6.45) is 0.679. The van der Waals surface area contributed by atoms with E-state index in [9.17, 15) is 8.42 Å². The molecular weight excluding hydrogens is 298 g/mol. The van der Waals surface area contributed by atoms with Gasteiger partial charge in [-0.05, 0) is 43.2 Å². The average Bonchev–Trinajstić information content (AvgIpc) is 2.53. The van der Waals surface area contributed by atoms with Gasteiger partial charge in [0.25, 0.3) is 0 Å². The first kappa shape index (κ1) is 16.5. The van der Waals surface area contributed by atoms with Gasteiger partial charge in [-0.25, -0.2) is 13.1 Å². The van der Waals surface area contributed by atoms with Crippen molar-refractivity contribution in [1.29, 1.82) is 0 Å². The van der Waals surface area contributed by atoms with Crippen LogP contribution in [0.4, 0.5) is 0 Å². The molecule has 0 saturated heterocycles. The third-order valence-electron chi connectivity index (χ3n) is 3.56. The zero-order chi connectivity index (χ0) is 16.2. The van der Waals surface area contributed by atoms with Crippen LogP contribution in [0.2, 0.25) is 0 Å². The summed E-state index contributed by atoms with van der Waals surface area (Å²) < 4.78 is 32.8. The quantitative estimate of drug-likeness (QED) is 0.887. The van der Waals surface area contributed by atoms with E-state index >= 15 is 0 Å². The molecule has 5 heteroatoms. The van der Waals surface area contributed by atoms with Gasteiger partial charge in [0, 0.05) is 6.04 Å². The highest BCUT2D eigenvalue weighted by atomic mass is 32.2. The summed E-state index contributed by atoms with van der Waals surface area (Å²) in [5.41, 5.74) is 2.11. The van der Waals surface area contributed by atoms with Gasteiger partial charge in [0.05, 0.1) is 12.0 Å². The molecule has 118 valence electrons. The van der Waals surface area contributed by atoms with E-state index in [2.05, 4.69) is 4.72 Å². The van der Waals surface area contributed by atoms with Crippen LogP contribution in [0.15, 0.2) is 53.4 Å². The molecule has 2 rings (SSSR count). The van der Waals surface area contributed by atoms with E-state index < -0.39 is 10.0 Å². The number of hydrogen-bond acceptors (Lipinski definition) is 3. The second-order valence-corrected chi connectivity index (χ2v) is 6.88. The Kier molecular flexibility index (Phi) is 5.21. The van der Waals surface area contributed by atoms with Crippen LogP contribution in [-0.2, 0) is 10.0 Å². The highest BCUT2D eigenvalue weighted by Crippen LogP contribution is 2.22. The van der Waals surface area contributed by atoms with E-state index in [0.717, 1.165) is 11.1 Å². The Morgan fingerprint density at radius 1 is 1.05 bits per heavy atom. The Labute approximate surface area is 132 Å². The summed E-state index contributed by atoms with van der Waals surface area (Å²) in [5, 5.41) is 0. The monoisotopic (exact) mass is 319 g/mol. The van der Waals surface area contributed by atoms with Gasteiger partial charge in [-0.2, -0.15) is 0 Å². The lowest BCUT2D eigenvalue weighted by molar-refractivity contribution is 0.414. The lowest BCUT2D eigenvalue weighted by atomic mass is 10.0. The molecule has 0 radical (unpaired) electrons. The lowest BCUT2D eigenvalue weighted by Crippen LogP contribution is -2.28. The summed E-state index contributed by atoms with van der Waals surface area (Å²) >= 11 is 0. The first-order valence-electron chi connectivity index (χ1n) is 7.19. The van der Waals surface area contributed by atoms with Crippen molar-refractivity contribution in [2.75, 3.05) is 7.11 Å². The molecule has 0 heterocycles. The molecule has 0 amide bonds. The van der Waals surface area contributed by atoms with Gasteiger partial charge in [-0.1, -0.05) is 36.8 Å². The van der Waals surface area contributed by atoms with Crippen molar-refractivity contribution in [2.24, 2.45) is 0 Å². The Balaban J connectivity index is 2.23. The Hall–Kier alpha value is -1.85. The summed E-state index contributed by atoms with van der Waals surface area (Å²) in [6.45, 7) is 3.97. The number of sulfonamides is 1. The maximum absolute atomic E-state index is 12.5. The molecule has 1 N–H and O–H groups in total. The molecule has 0 unspecified atom stereocenters. The molecule has 0 spiro atoms. The Bertz CT molecular complexity index is 707. The highest BCUT2D eigenvalue weighted by molar-refractivity contribution is 7.89. The van der Waals surface area contributed by atoms with Crippen molar-refractivity contribution in [3.8, 4) is 5.75 Å². The minimum Gasteiger partial charge on any atom is -0.497 e. The van der Waals surface area contributed by atoms with E-state index in [1.54, 1.807) is 31.4 Å². The smallest absolute Gasteiger partial charge is 0.241 e. The van der Waals surface area contributed by atoms with E-state index in [1.165, 1.54) is 0 Å². The van der Waals surface area contributed by atoms with Crippen molar-refractivity contribution in [3.05, 3.63) is 59.7 Å². The highest BCUT2D eigenvalue weighted by Gasteiger charge is 2.20. The van der Waals surface area contributed by atoms with Gasteiger partial charge in [0.1, 0.15) is 5.75 Å². The van der Waals surface area contributed by atoms with Crippen LogP contribution in [-0.4, -0.2) is 15.5 Å². The van der Waals surface area contributed by atoms with E-state index in [0.29, 0.717) is 12.2 Å². The molecule has 4 nitrogen and oxygen atoms in total.